The molecule has 1 atom stereocenters. The van der Waals surface area contributed by atoms with E-state index in [-0.39, 0.29) is 5.82 Å². The highest BCUT2D eigenvalue weighted by Crippen LogP contribution is 2.26. The zero-order valence-electron chi connectivity index (χ0n) is 9.71. The standard InChI is InChI=1S/C12H14BrFN2S/c1-7(2)11-6-17-12(16-11)15-10-5-8(13)3-4-9(10)14/h3-5,7,11H,6H2,1-2H3,(H,15,16). The van der Waals surface area contributed by atoms with E-state index in [1.54, 1.807) is 23.9 Å². The summed E-state index contributed by atoms with van der Waals surface area (Å²) in [6, 6.07) is 5.17. The third-order valence-corrected chi connectivity index (χ3v) is 4.10. The Hall–Kier alpha value is -0.550. The second-order valence-corrected chi connectivity index (χ2v) is 6.23. The smallest absolute Gasteiger partial charge is 0.161 e. The number of halogens is 2. The van der Waals surface area contributed by atoms with E-state index in [4.69, 9.17) is 0 Å². The van der Waals surface area contributed by atoms with Crippen molar-refractivity contribution in [3.05, 3.63) is 28.5 Å². The Balaban J connectivity index is 2.11. The normalized spacial score (nSPS) is 19.6. The number of nitrogens with one attached hydrogen (secondary N) is 1. The predicted octanol–water partition coefficient (Wildman–Crippen LogP) is 4.13. The molecule has 1 heterocycles. The molecule has 2 nitrogen and oxygen atoms in total. The van der Waals surface area contributed by atoms with Crippen LogP contribution in [0.25, 0.3) is 0 Å². The number of nitrogens with zero attached hydrogens (tertiary/aromatic N) is 1. The zero-order valence-corrected chi connectivity index (χ0v) is 12.1. The van der Waals surface area contributed by atoms with Crippen LogP contribution in [0.3, 0.4) is 0 Å². The summed E-state index contributed by atoms with van der Waals surface area (Å²) in [6.45, 7) is 4.30. The first-order valence-corrected chi connectivity index (χ1v) is 7.27. The van der Waals surface area contributed by atoms with E-state index in [0.29, 0.717) is 17.6 Å². The summed E-state index contributed by atoms with van der Waals surface area (Å²) in [5.74, 6) is 1.23. The van der Waals surface area contributed by atoms with Crippen LogP contribution in [-0.4, -0.2) is 17.0 Å². The molecule has 0 bridgehead atoms. The number of hydrogen-bond acceptors (Lipinski definition) is 3. The summed E-state index contributed by atoms with van der Waals surface area (Å²) in [7, 11) is 0. The second-order valence-electron chi connectivity index (χ2n) is 4.31. The first-order chi connectivity index (χ1) is 8.06. The van der Waals surface area contributed by atoms with Gasteiger partial charge >= 0.3 is 0 Å². The molecule has 1 N–H and O–H groups in total. The molecule has 1 aromatic rings. The number of benzene rings is 1. The lowest BCUT2D eigenvalue weighted by Gasteiger charge is -2.08. The molecule has 0 aliphatic carbocycles. The summed E-state index contributed by atoms with van der Waals surface area (Å²) >= 11 is 4.97. The van der Waals surface area contributed by atoms with Crippen molar-refractivity contribution in [2.45, 2.75) is 19.9 Å². The summed E-state index contributed by atoms with van der Waals surface area (Å²) in [5.41, 5.74) is 0.468. The lowest BCUT2D eigenvalue weighted by atomic mass is 10.1. The maximum atomic E-state index is 13.5. The van der Waals surface area contributed by atoms with Crippen LogP contribution in [-0.2, 0) is 0 Å². The number of hydrogen-bond donors (Lipinski definition) is 1. The van der Waals surface area contributed by atoms with Crippen LogP contribution in [0.4, 0.5) is 10.1 Å². The Kier molecular flexibility index (Phi) is 4.09. The van der Waals surface area contributed by atoms with Crippen LogP contribution in [0.15, 0.2) is 27.7 Å². The molecule has 0 fully saturated rings. The molecule has 0 aromatic heterocycles. The number of amidine groups is 1. The minimum atomic E-state index is -0.260. The van der Waals surface area contributed by atoms with Gasteiger partial charge in [-0.25, -0.2) is 4.39 Å². The van der Waals surface area contributed by atoms with Gasteiger partial charge in [0.25, 0.3) is 0 Å². The molecule has 1 unspecified atom stereocenters. The molecule has 5 heteroatoms. The Morgan fingerprint density at radius 3 is 2.94 bits per heavy atom. The highest BCUT2D eigenvalue weighted by Gasteiger charge is 2.21. The van der Waals surface area contributed by atoms with Crippen molar-refractivity contribution in [1.29, 1.82) is 0 Å². The van der Waals surface area contributed by atoms with Crippen LogP contribution in [0, 0.1) is 11.7 Å². The van der Waals surface area contributed by atoms with Crippen molar-refractivity contribution in [1.82, 2.24) is 0 Å². The fraction of sp³-hybridized carbons (Fsp3) is 0.417. The van der Waals surface area contributed by atoms with Crippen molar-refractivity contribution < 1.29 is 4.39 Å². The van der Waals surface area contributed by atoms with Crippen LogP contribution in [0.2, 0.25) is 0 Å². The topological polar surface area (TPSA) is 24.4 Å². The molecular formula is C12H14BrFN2S. The summed E-state index contributed by atoms with van der Waals surface area (Å²) in [4.78, 5) is 4.54. The predicted molar refractivity (Wildman–Crippen MR) is 76.2 cm³/mol. The van der Waals surface area contributed by atoms with Crippen LogP contribution in [0.5, 0.6) is 0 Å². The van der Waals surface area contributed by atoms with Gasteiger partial charge in [-0.3, -0.25) is 4.99 Å². The minimum Gasteiger partial charge on any atom is -0.333 e. The summed E-state index contributed by atoms with van der Waals surface area (Å²) in [6.07, 6.45) is 0. The van der Waals surface area contributed by atoms with Gasteiger partial charge < -0.3 is 5.32 Å². The third kappa shape index (κ3) is 3.22. The molecule has 1 aliphatic rings. The van der Waals surface area contributed by atoms with Gasteiger partial charge in [-0.1, -0.05) is 41.5 Å². The molecule has 0 amide bonds. The Bertz CT molecular complexity index is 448. The SMILES string of the molecule is CC(C)C1CSC(Nc2cc(Br)ccc2F)=N1. The lowest BCUT2D eigenvalue weighted by Crippen LogP contribution is -2.12. The lowest BCUT2D eigenvalue weighted by molar-refractivity contribution is 0.543. The Labute approximate surface area is 113 Å². The molecule has 1 aromatic carbocycles. The Morgan fingerprint density at radius 2 is 2.29 bits per heavy atom. The van der Waals surface area contributed by atoms with Gasteiger partial charge in [-0.05, 0) is 24.1 Å². The quantitative estimate of drug-likeness (QED) is 0.887. The van der Waals surface area contributed by atoms with E-state index in [1.165, 1.54) is 6.07 Å². The van der Waals surface area contributed by atoms with Gasteiger partial charge in [0.2, 0.25) is 0 Å². The molecule has 92 valence electrons. The first kappa shape index (κ1) is 12.9. The van der Waals surface area contributed by atoms with Gasteiger partial charge in [0.15, 0.2) is 5.17 Å². The number of aliphatic imine (C=N–C) groups is 1. The van der Waals surface area contributed by atoms with Crippen LogP contribution in [0.1, 0.15) is 13.8 Å². The summed E-state index contributed by atoms with van der Waals surface area (Å²) < 4.78 is 14.4. The largest absolute Gasteiger partial charge is 0.333 e. The number of anilines is 1. The number of thioether (sulfide) groups is 1. The molecule has 1 aliphatic heterocycles. The van der Waals surface area contributed by atoms with E-state index in [9.17, 15) is 4.39 Å². The van der Waals surface area contributed by atoms with Crippen molar-refractivity contribution >= 4 is 38.5 Å². The average Bonchev–Trinajstić information content (AvgIpc) is 2.72. The van der Waals surface area contributed by atoms with Gasteiger partial charge in [0.1, 0.15) is 5.82 Å². The van der Waals surface area contributed by atoms with Gasteiger partial charge in [0, 0.05) is 10.2 Å². The molecule has 0 saturated carbocycles. The van der Waals surface area contributed by atoms with E-state index in [2.05, 4.69) is 40.1 Å². The molecule has 0 radical (unpaired) electrons. The molecular weight excluding hydrogens is 303 g/mol. The van der Waals surface area contributed by atoms with Crippen molar-refractivity contribution in [2.24, 2.45) is 10.9 Å². The zero-order chi connectivity index (χ0) is 12.4. The first-order valence-electron chi connectivity index (χ1n) is 5.49. The monoisotopic (exact) mass is 316 g/mol. The average molecular weight is 317 g/mol. The maximum absolute atomic E-state index is 13.5. The van der Waals surface area contributed by atoms with Gasteiger partial charge in [-0.2, -0.15) is 0 Å². The number of rotatable bonds is 2. The van der Waals surface area contributed by atoms with Crippen molar-refractivity contribution in [3.8, 4) is 0 Å². The van der Waals surface area contributed by atoms with E-state index in [0.717, 1.165) is 15.4 Å². The fourth-order valence-electron chi connectivity index (χ4n) is 1.51. The van der Waals surface area contributed by atoms with Crippen LogP contribution < -0.4 is 5.32 Å². The maximum Gasteiger partial charge on any atom is 0.161 e. The van der Waals surface area contributed by atoms with Crippen LogP contribution >= 0.6 is 27.7 Å². The van der Waals surface area contributed by atoms with E-state index < -0.39 is 0 Å². The van der Waals surface area contributed by atoms with Crippen molar-refractivity contribution in [3.63, 3.8) is 0 Å². The van der Waals surface area contributed by atoms with Gasteiger partial charge in [0.05, 0.1) is 11.7 Å². The molecule has 0 spiro atoms. The summed E-state index contributed by atoms with van der Waals surface area (Å²) in [5, 5.41) is 3.85. The highest BCUT2D eigenvalue weighted by molar-refractivity contribution is 9.10. The Morgan fingerprint density at radius 1 is 1.53 bits per heavy atom. The van der Waals surface area contributed by atoms with Gasteiger partial charge in [-0.15, -0.1) is 0 Å². The molecule has 0 saturated heterocycles. The van der Waals surface area contributed by atoms with E-state index >= 15 is 0 Å². The third-order valence-electron chi connectivity index (χ3n) is 2.61. The molecule has 17 heavy (non-hydrogen) atoms. The fourth-order valence-corrected chi connectivity index (χ4v) is 3.05. The second kappa shape index (κ2) is 5.40. The highest BCUT2D eigenvalue weighted by atomic mass is 79.9. The minimum absolute atomic E-state index is 0.260. The van der Waals surface area contributed by atoms with Crippen molar-refractivity contribution in [2.75, 3.05) is 11.1 Å². The molecule has 2 rings (SSSR count). The van der Waals surface area contributed by atoms with E-state index in [1.807, 2.05) is 0 Å².